The van der Waals surface area contributed by atoms with Crippen molar-refractivity contribution in [2.75, 3.05) is 42.9 Å². The van der Waals surface area contributed by atoms with Gasteiger partial charge >= 0.3 is 0 Å². The molecule has 8 rings (SSSR count). The Morgan fingerprint density at radius 2 is 1.79 bits per heavy atom. The lowest BCUT2D eigenvalue weighted by atomic mass is 9.77. The van der Waals surface area contributed by atoms with Crippen molar-refractivity contribution >= 4 is 46.0 Å². The van der Waals surface area contributed by atoms with Gasteiger partial charge in [-0.2, -0.15) is 5.10 Å². The van der Waals surface area contributed by atoms with E-state index in [1.807, 2.05) is 18.5 Å². The van der Waals surface area contributed by atoms with Crippen LogP contribution in [0, 0.1) is 5.92 Å². The van der Waals surface area contributed by atoms with Crippen LogP contribution in [0.25, 0.3) is 22.3 Å². The molecule has 48 heavy (non-hydrogen) atoms. The minimum absolute atomic E-state index is 0.0975. The lowest BCUT2D eigenvalue weighted by molar-refractivity contribution is -0.136. The Balaban J connectivity index is 0.820. The average molecular weight is 648 g/mol. The number of piperazine rings is 1. The zero-order valence-corrected chi connectivity index (χ0v) is 26.5. The summed E-state index contributed by atoms with van der Waals surface area (Å²) in [5, 5.41) is 13.7. The summed E-state index contributed by atoms with van der Waals surface area (Å²) >= 11 is 0. The second-order valence-electron chi connectivity index (χ2n) is 13.1. The topological polar surface area (TPSA) is 154 Å². The third-order valence-electron chi connectivity index (χ3n) is 10.0. The molecule has 1 unspecified atom stereocenters. The minimum atomic E-state index is -0.963. The van der Waals surface area contributed by atoms with Gasteiger partial charge in [-0.1, -0.05) is 6.07 Å². The van der Waals surface area contributed by atoms with Crippen LogP contribution in [-0.2, 0) is 9.59 Å². The number of carbonyl (C=O) groups is 4. The van der Waals surface area contributed by atoms with Crippen molar-refractivity contribution in [1.29, 1.82) is 0 Å². The molecule has 1 atom stereocenters. The lowest BCUT2D eigenvalue weighted by Crippen LogP contribution is -2.54. The zero-order chi connectivity index (χ0) is 32.8. The summed E-state index contributed by atoms with van der Waals surface area (Å²) < 4.78 is 2.06. The van der Waals surface area contributed by atoms with Crippen molar-refractivity contribution in [1.82, 2.24) is 35.3 Å². The van der Waals surface area contributed by atoms with Gasteiger partial charge in [-0.05, 0) is 68.4 Å². The molecule has 13 heteroatoms. The largest absolute Gasteiger partial charge is 0.385 e. The van der Waals surface area contributed by atoms with Gasteiger partial charge in [-0.3, -0.25) is 39.1 Å². The van der Waals surface area contributed by atoms with Crippen LogP contribution in [0.15, 0.2) is 55.0 Å². The maximum absolute atomic E-state index is 13.1. The van der Waals surface area contributed by atoms with Crippen LogP contribution in [0.3, 0.4) is 0 Å². The van der Waals surface area contributed by atoms with E-state index in [1.54, 1.807) is 18.2 Å². The van der Waals surface area contributed by atoms with E-state index in [9.17, 15) is 19.2 Å². The molecule has 3 fully saturated rings. The molecule has 0 spiro atoms. The summed E-state index contributed by atoms with van der Waals surface area (Å²) in [5.41, 5.74) is 6.08. The smallest absolute Gasteiger partial charge is 0.262 e. The number of amides is 4. The SMILES string of the molecule is O=C1CCC(N2C(=O)c3ccc(NCCC[C@H]4C[C@H](n5cc(-c6cnc7c(N8CCNCC8)cccc7n6)cn5)C4)cc3C2=O)C(=O)N1. The number of imide groups is 2. The van der Waals surface area contributed by atoms with Gasteiger partial charge in [0, 0.05) is 56.6 Å². The summed E-state index contributed by atoms with van der Waals surface area (Å²) in [4.78, 5) is 63.0. The molecule has 246 valence electrons. The summed E-state index contributed by atoms with van der Waals surface area (Å²) in [6, 6.07) is 10.7. The molecule has 1 aliphatic carbocycles. The van der Waals surface area contributed by atoms with Crippen molar-refractivity contribution in [2.24, 2.45) is 5.92 Å². The number of fused-ring (bicyclic) bond motifs is 2. The number of hydrogen-bond donors (Lipinski definition) is 3. The molecule has 13 nitrogen and oxygen atoms in total. The van der Waals surface area contributed by atoms with E-state index in [0.29, 0.717) is 12.0 Å². The predicted molar refractivity (Wildman–Crippen MR) is 178 cm³/mol. The highest BCUT2D eigenvalue weighted by atomic mass is 16.2. The number of hydrogen-bond acceptors (Lipinski definition) is 10. The Hall–Kier alpha value is -5.17. The number of carbonyl (C=O) groups excluding carboxylic acids is 4. The molecule has 3 aliphatic heterocycles. The molecule has 0 bridgehead atoms. The standard InChI is InChI=1S/C35H37N9O4/c45-31-9-8-30(33(46)41-31)44-34(47)25-7-6-23(17-26(25)35(44)48)37-10-2-3-21-15-24(16-21)43-20-22(18-39-43)28-19-38-32-27(40-28)4-1-5-29(32)42-13-11-36-12-14-42/h1,4-7,17-21,24,30,36-37H,2-3,8-16H2,(H,41,45,46)/t21-,24-,30?. The Morgan fingerprint density at radius 1 is 0.958 bits per heavy atom. The van der Waals surface area contributed by atoms with Gasteiger partial charge in [-0.15, -0.1) is 0 Å². The number of aromatic nitrogens is 4. The molecule has 0 radical (unpaired) electrons. The first-order valence-corrected chi connectivity index (χ1v) is 16.8. The Kier molecular flexibility index (Phi) is 7.83. The molecule has 2 aromatic heterocycles. The molecule has 5 heterocycles. The normalized spacial score (nSPS) is 22.5. The van der Waals surface area contributed by atoms with Crippen molar-refractivity contribution < 1.29 is 19.2 Å². The monoisotopic (exact) mass is 647 g/mol. The number of nitrogens with zero attached hydrogens (tertiary/aromatic N) is 6. The van der Waals surface area contributed by atoms with Crippen LogP contribution < -0.4 is 20.9 Å². The van der Waals surface area contributed by atoms with E-state index >= 15 is 0 Å². The Bertz CT molecular complexity index is 1930. The predicted octanol–water partition coefficient (Wildman–Crippen LogP) is 3.15. The fourth-order valence-corrected chi connectivity index (χ4v) is 7.35. The third kappa shape index (κ3) is 5.57. The van der Waals surface area contributed by atoms with Gasteiger partial charge in [0.1, 0.15) is 11.6 Å². The second-order valence-corrected chi connectivity index (χ2v) is 13.1. The summed E-state index contributed by atoms with van der Waals surface area (Å²) in [6.07, 6.45) is 10.3. The second kappa shape index (κ2) is 12.5. The highest BCUT2D eigenvalue weighted by Crippen LogP contribution is 2.40. The van der Waals surface area contributed by atoms with Crippen LogP contribution in [0.1, 0.15) is 65.3 Å². The van der Waals surface area contributed by atoms with Crippen molar-refractivity contribution in [3.63, 3.8) is 0 Å². The maximum atomic E-state index is 13.1. The van der Waals surface area contributed by atoms with Crippen LogP contribution in [-0.4, -0.2) is 87.0 Å². The maximum Gasteiger partial charge on any atom is 0.262 e. The van der Waals surface area contributed by atoms with E-state index < -0.39 is 23.8 Å². The van der Waals surface area contributed by atoms with Crippen molar-refractivity contribution in [3.05, 3.63) is 66.1 Å². The lowest BCUT2D eigenvalue weighted by Gasteiger charge is -2.35. The zero-order valence-electron chi connectivity index (χ0n) is 26.5. The van der Waals surface area contributed by atoms with E-state index in [2.05, 4.69) is 49.0 Å². The average Bonchev–Trinajstić information content (AvgIpc) is 3.66. The van der Waals surface area contributed by atoms with Crippen LogP contribution in [0.4, 0.5) is 11.4 Å². The summed E-state index contributed by atoms with van der Waals surface area (Å²) in [5.74, 6) is -1.37. The van der Waals surface area contributed by atoms with E-state index in [-0.39, 0.29) is 29.9 Å². The van der Waals surface area contributed by atoms with Gasteiger partial charge in [-0.25, -0.2) is 4.98 Å². The Morgan fingerprint density at radius 3 is 2.62 bits per heavy atom. The molecule has 4 aromatic rings. The third-order valence-corrected chi connectivity index (χ3v) is 10.0. The minimum Gasteiger partial charge on any atom is -0.385 e. The molecular formula is C35H37N9O4. The van der Waals surface area contributed by atoms with Crippen LogP contribution in [0.2, 0.25) is 0 Å². The van der Waals surface area contributed by atoms with Gasteiger partial charge in [0.15, 0.2) is 0 Å². The number of nitrogens with one attached hydrogen (secondary N) is 3. The quantitative estimate of drug-likeness (QED) is 0.182. The number of benzene rings is 2. The molecule has 2 saturated heterocycles. The molecule has 4 aliphatic rings. The number of para-hydroxylation sites is 1. The summed E-state index contributed by atoms with van der Waals surface area (Å²) in [6.45, 7) is 4.60. The highest BCUT2D eigenvalue weighted by molar-refractivity contribution is 6.23. The van der Waals surface area contributed by atoms with Crippen molar-refractivity contribution in [3.8, 4) is 11.3 Å². The van der Waals surface area contributed by atoms with E-state index in [0.717, 1.165) is 97.0 Å². The molecular weight excluding hydrogens is 610 g/mol. The van der Waals surface area contributed by atoms with E-state index in [4.69, 9.17) is 9.97 Å². The first-order chi connectivity index (χ1) is 23.4. The first kappa shape index (κ1) is 30.2. The fraction of sp³-hybridized carbons (Fsp3) is 0.400. The summed E-state index contributed by atoms with van der Waals surface area (Å²) in [7, 11) is 0. The number of rotatable bonds is 9. The van der Waals surface area contributed by atoms with Crippen LogP contribution in [0.5, 0.6) is 0 Å². The van der Waals surface area contributed by atoms with Crippen LogP contribution >= 0.6 is 0 Å². The Labute approximate surface area is 277 Å². The highest BCUT2D eigenvalue weighted by Gasteiger charge is 2.44. The van der Waals surface area contributed by atoms with E-state index in [1.165, 1.54) is 0 Å². The molecule has 2 aromatic carbocycles. The van der Waals surface area contributed by atoms with Gasteiger partial charge in [0.25, 0.3) is 11.8 Å². The molecule has 1 saturated carbocycles. The van der Waals surface area contributed by atoms with Gasteiger partial charge < -0.3 is 15.5 Å². The molecule has 4 amide bonds. The number of anilines is 2. The van der Waals surface area contributed by atoms with Gasteiger partial charge in [0.2, 0.25) is 11.8 Å². The van der Waals surface area contributed by atoms with Gasteiger partial charge in [0.05, 0.1) is 46.5 Å². The van der Waals surface area contributed by atoms with Crippen molar-refractivity contribution in [2.45, 2.75) is 50.6 Å². The molecule has 3 N–H and O–H groups in total. The fourth-order valence-electron chi connectivity index (χ4n) is 7.35. The first-order valence-electron chi connectivity index (χ1n) is 16.8. The number of piperidine rings is 1.